The summed E-state index contributed by atoms with van der Waals surface area (Å²) < 4.78 is 0. The SMILES string of the molecule is O=C(NCCSSCCO)NC(=O)c1ccccc1O. The van der Waals surface area contributed by atoms with Crippen LogP contribution in [0.25, 0.3) is 0 Å². The zero-order chi connectivity index (χ0) is 14.8. The third-order valence-electron chi connectivity index (χ3n) is 2.10. The van der Waals surface area contributed by atoms with E-state index in [1.165, 1.54) is 33.7 Å². The molecule has 0 aliphatic carbocycles. The van der Waals surface area contributed by atoms with Crippen molar-refractivity contribution in [3.8, 4) is 5.75 Å². The first kappa shape index (κ1) is 16.7. The molecule has 0 aliphatic heterocycles. The monoisotopic (exact) mass is 316 g/mol. The number of nitrogens with one attached hydrogen (secondary N) is 2. The molecule has 1 rings (SSSR count). The molecule has 0 fully saturated rings. The van der Waals surface area contributed by atoms with Gasteiger partial charge in [0.2, 0.25) is 0 Å². The van der Waals surface area contributed by atoms with Gasteiger partial charge in [-0.15, -0.1) is 0 Å². The number of aliphatic hydroxyl groups is 1. The number of benzene rings is 1. The second-order valence-corrected chi connectivity index (χ2v) is 6.30. The van der Waals surface area contributed by atoms with Crippen LogP contribution in [0.15, 0.2) is 24.3 Å². The number of carbonyl (C=O) groups excluding carboxylic acids is 2. The van der Waals surface area contributed by atoms with E-state index in [0.717, 1.165) is 0 Å². The summed E-state index contributed by atoms with van der Waals surface area (Å²) in [4.78, 5) is 23.1. The van der Waals surface area contributed by atoms with E-state index in [-0.39, 0.29) is 17.9 Å². The normalized spacial score (nSPS) is 10.1. The van der Waals surface area contributed by atoms with Gasteiger partial charge in [0.15, 0.2) is 0 Å². The Morgan fingerprint density at radius 3 is 2.55 bits per heavy atom. The molecule has 0 saturated carbocycles. The van der Waals surface area contributed by atoms with Gasteiger partial charge in [-0.1, -0.05) is 33.7 Å². The Hall–Kier alpha value is -1.38. The van der Waals surface area contributed by atoms with Crippen LogP contribution in [-0.4, -0.2) is 46.8 Å². The Morgan fingerprint density at radius 1 is 1.15 bits per heavy atom. The molecule has 110 valence electrons. The number of amides is 3. The molecule has 4 N–H and O–H groups in total. The highest BCUT2D eigenvalue weighted by molar-refractivity contribution is 8.76. The summed E-state index contributed by atoms with van der Waals surface area (Å²) in [6.07, 6.45) is 0. The van der Waals surface area contributed by atoms with Crippen LogP contribution in [0, 0.1) is 0 Å². The second kappa shape index (κ2) is 9.51. The average Bonchev–Trinajstić information content (AvgIpc) is 2.43. The van der Waals surface area contributed by atoms with E-state index in [0.29, 0.717) is 18.1 Å². The minimum Gasteiger partial charge on any atom is -0.507 e. The number of carbonyl (C=O) groups is 2. The van der Waals surface area contributed by atoms with Crippen molar-refractivity contribution in [2.45, 2.75) is 0 Å². The van der Waals surface area contributed by atoms with Crippen LogP contribution in [0.5, 0.6) is 5.75 Å². The minimum atomic E-state index is -0.650. The zero-order valence-electron chi connectivity index (χ0n) is 10.7. The maximum atomic E-state index is 11.7. The van der Waals surface area contributed by atoms with Crippen LogP contribution in [0.4, 0.5) is 4.79 Å². The number of aromatic hydroxyl groups is 1. The number of hydrogen-bond donors (Lipinski definition) is 4. The lowest BCUT2D eigenvalue weighted by molar-refractivity contribution is 0.0961. The summed E-state index contributed by atoms with van der Waals surface area (Å²) in [5.41, 5.74) is 0.0514. The molecule has 0 heterocycles. The van der Waals surface area contributed by atoms with E-state index >= 15 is 0 Å². The van der Waals surface area contributed by atoms with Gasteiger partial charge in [0.1, 0.15) is 5.75 Å². The number of rotatable bonds is 7. The number of phenols is 1. The number of phenolic OH excluding ortho intramolecular Hbond substituents is 1. The third kappa shape index (κ3) is 6.18. The standard InChI is InChI=1S/C12H16N2O4S2/c15-6-8-20-19-7-5-13-12(18)14-11(17)9-3-1-2-4-10(9)16/h1-4,15-16H,5-8H2,(H2,13,14,17,18). The van der Waals surface area contributed by atoms with E-state index in [2.05, 4.69) is 10.6 Å². The van der Waals surface area contributed by atoms with E-state index in [1.807, 2.05) is 0 Å². The van der Waals surface area contributed by atoms with Crippen molar-refractivity contribution in [1.29, 1.82) is 0 Å². The maximum absolute atomic E-state index is 11.7. The van der Waals surface area contributed by atoms with Gasteiger partial charge in [0, 0.05) is 18.1 Å². The van der Waals surface area contributed by atoms with Crippen molar-refractivity contribution in [3.05, 3.63) is 29.8 Å². The molecule has 0 radical (unpaired) electrons. The van der Waals surface area contributed by atoms with Gasteiger partial charge in [-0.3, -0.25) is 10.1 Å². The molecule has 6 nitrogen and oxygen atoms in total. The van der Waals surface area contributed by atoms with E-state index < -0.39 is 11.9 Å². The third-order valence-corrected chi connectivity index (χ3v) is 4.49. The lowest BCUT2D eigenvalue weighted by Gasteiger charge is -2.07. The fourth-order valence-electron chi connectivity index (χ4n) is 1.24. The molecule has 1 aromatic carbocycles. The number of aliphatic hydroxyl groups excluding tert-OH is 1. The molecule has 0 saturated heterocycles. The Balaban J connectivity index is 2.25. The zero-order valence-corrected chi connectivity index (χ0v) is 12.3. The molecule has 0 aliphatic rings. The maximum Gasteiger partial charge on any atom is 0.321 e. The van der Waals surface area contributed by atoms with Gasteiger partial charge in [0.05, 0.1) is 12.2 Å². The van der Waals surface area contributed by atoms with Crippen molar-refractivity contribution >= 4 is 33.5 Å². The minimum absolute atomic E-state index is 0.0514. The first-order valence-electron chi connectivity index (χ1n) is 5.87. The Morgan fingerprint density at radius 2 is 1.85 bits per heavy atom. The largest absolute Gasteiger partial charge is 0.507 e. The second-order valence-electron chi connectivity index (χ2n) is 3.59. The molecule has 0 atom stereocenters. The number of imide groups is 1. The molecule has 0 spiro atoms. The van der Waals surface area contributed by atoms with E-state index in [1.54, 1.807) is 12.1 Å². The predicted molar refractivity (Wildman–Crippen MR) is 81.0 cm³/mol. The van der Waals surface area contributed by atoms with Gasteiger partial charge < -0.3 is 15.5 Å². The van der Waals surface area contributed by atoms with Crippen molar-refractivity contribution in [2.75, 3.05) is 24.7 Å². The van der Waals surface area contributed by atoms with Crippen molar-refractivity contribution < 1.29 is 19.8 Å². The topological polar surface area (TPSA) is 98.7 Å². The number of para-hydroxylation sites is 1. The fourth-order valence-corrected chi connectivity index (χ4v) is 2.92. The number of hydrogen-bond acceptors (Lipinski definition) is 6. The van der Waals surface area contributed by atoms with Crippen molar-refractivity contribution in [3.63, 3.8) is 0 Å². The first-order valence-corrected chi connectivity index (χ1v) is 8.36. The van der Waals surface area contributed by atoms with Crippen LogP contribution < -0.4 is 10.6 Å². The quantitative estimate of drug-likeness (QED) is 0.446. The highest BCUT2D eigenvalue weighted by Crippen LogP contribution is 2.19. The summed E-state index contributed by atoms with van der Waals surface area (Å²) >= 11 is 0. The molecule has 20 heavy (non-hydrogen) atoms. The Labute approximate surface area is 124 Å². The highest BCUT2D eigenvalue weighted by atomic mass is 33.1. The van der Waals surface area contributed by atoms with Gasteiger partial charge in [-0.25, -0.2) is 4.79 Å². The lowest BCUT2D eigenvalue weighted by atomic mass is 10.2. The Bertz CT molecular complexity index is 457. The summed E-state index contributed by atoms with van der Waals surface area (Å²) in [6.45, 7) is 0.531. The fraction of sp³-hybridized carbons (Fsp3) is 0.333. The van der Waals surface area contributed by atoms with Crippen molar-refractivity contribution in [2.24, 2.45) is 0 Å². The first-order chi connectivity index (χ1) is 9.65. The van der Waals surface area contributed by atoms with Crippen LogP contribution >= 0.6 is 21.6 Å². The Kier molecular flexibility index (Phi) is 7.93. The van der Waals surface area contributed by atoms with Gasteiger partial charge in [0.25, 0.3) is 5.91 Å². The summed E-state index contributed by atoms with van der Waals surface area (Å²) in [5, 5.41) is 22.7. The predicted octanol–water partition coefficient (Wildman–Crippen LogP) is 1.21. The molecule has 1 aromatic rings. The summed E-state index contributed by atoms with van der Waals surface area (Å²) in [7, 11) is 3.04. The molecular formula is C12H16N2O4S2. The molecule has 3 amide bonds. The lowest BCUT2D eigenvalue weighted by Crippen LogP contribution is -2.40. The molecule has 0 unspecified atom stereocenters. The van der Waals surface area contributed by atoms with Gasteiger partial charge in [-0.2, -0.15) is 0 Å². The van der Waals surface area contributed by atoms with Crippen LogP contribution in [0.2, 0.25) is 0 Å². The summed E-state index contributed by atoms with van der Waals surface area (Å²) in [6, 6.07) is 5.39. The van der Waals surface area contributed by atoms with Gasteiger partial charge in [-0.05, 0) is 12.1 Å². The molecule has 0 bridgehead atoms. The van der Waals surface area contributed by atoms with Crippen molar-refractivity contribution in [1.82, 2.24) is 10.6 Å². The highest BCUT2D eigenvalue weighted by Gasteiger charge is 2.12. The van der Waals surface area contributed by atoms with Crippen LogP contribution in [0.3, 0.4) is 0 Å². The van der Waals surface area contributed by atoms with Crippen LogP contribution in [0.1, 0.15) is 10.4 Å². The number of urea groups is 1. The molecule has 0 aromatic heterocycles. The van der Waals surface area contributed by atoms with Crippen LogP contribution in [-0.2, 0) is 0 Å². The summed E-state index contributed by atoms with van der Waals surface area (Å²) in [5.74, 6) is 0.488. The molecule has 8 heteroatoms. The molecular weight excluding hydrogens is 300 g/mol. The average molecular weight is 316 g/mol. The smallest absolute Gasteiger partial charge is 0.321 e. The van der Waals surface area contributed by atoms with E-state index in [4.69, 9.17) is 5.11 Å². The van der Waals surface area contributed by atoms with E-state index in [9.17, 15) is 14.7 Å². The van der Waals surface area contributed by atoms with Gasteiger partial charge >= 0.3 is 6.03 Å².